The van der Waals surface area contributed by atoms with Gasteiger partial charge in [0.2, 0.25) is 0 Å². The molecule has 1 aromatic rings. The van der Waals surface area contributed by atoms with Crippen molar-refractivity contribution in [1.82, 2.24) is 0 Å². The van der Waals surface area contributed by atoms with Crippen LogP contribution < -0.4 is 10.5 Å². The van der Waals surface area contributed by atoms with Crippen molar-refractivity contribution in [2.45, 2.75) is 12.5 Å². The summed E-state index contributed by atoms with van der Waals surface area (Å²) in [7, 11) is 0. The molecule has 1 heterocycles. The van der Waals surface area contributed by atoms with Gasteiger partial charge in [-0.3, -0.25) is 0 Å². The Balaban J connectivity index is 0.000000845. The molecule has 0 aliphatic carbocycles. The summed E-state index contributed by atoms with van der Waals surface area (Å²) < 4.78 is 6.69. The largest absolute Gasteiger partial charge is 0.492 e. The maximum absolute atomic E-state index is 5.93. The van der Waals surface area contributed by atoms with Crippen molar-refractivity contribution in [3.63, 3.8) is 0 Å². The Labute approximate surface area is 97.4 Å². The minimum atomic E-state index is 0. The molecule has 1 aromatic carbocycles. The van der Waals surface area contributed by atoms with Crippen molar-refractivity contribution >= 4 is 35.0 Å². The fraction of sp³-hybridized carbons (Fsp3) is 0.333. The third-order valence-corrected chi connectivity index (χ3v) is 2.92. The maximum atomic E-state index is 5.93. The first-order valence-electron chi connectivity index (χ1n) is 3.96. The topological polar surface area (TPSA) is 35.2 Å². The first-order valence-corrected chi connectivity index (χ1v) is 5.03. The second kappa shape index (κ2) is 4.48. The number of hydrogen-bond donors (Lipinski definition) is 1. The molecule has 13 heavy (non-hydrogen) atoms. The summed E-state index contributed by atoms with van der Waals surface area (Å²) in [4.78, 5) is 0. The number of rotatable bonds is 0. The lowest BCUT2D eigenvalue weighted by Gasteiger charge is -2.23. The molecule has 2 rings (SSSR count). The van der Waals surface area contributed by atoms with Crippen LogP contribution in [-0.2, 0) is 0 Å². The predicted octanol–water partition coefficient (Wildman–Crippen LogP) is 2.50. The molecule has 4 heteroatoms. The van der Waals surface area contributed by atoms with E-state index in [-0.39, 0.29) is 18.4 Å². The molecular weight excluding hydrogens is 300 g/mol. The van der Waals surface area contributed by atoms with E-state index in [0.717, 1.165) is 27.9 Å². The number of hydrogen-bond acceptors (Lipinski definition) is 2. The zero-order valence-electron chi connectivity index (χ0n) is 7.00. The van der Waals surface area contributed by atoms with Crippen molar-refractivity contribution in [1.29, 1.82) is 0 Å². The molecule has 0 radical (unpaired) electrons. The highest BCUT2D eigenvalue weighted by atomic mass is 127. The van der Waals surface area contributed by atoms with E-state index in [1.54, 1.807) is 0 Å². The normalized spacial score (nSPS) is 19.7. The molecule has 2 nitrogen and oxygen atoms in total. The zero-order chi connectivity index (χ0) is 8.55. The maximum Gasteiger partial charge on any atom is 0.137 e. The van der Waals surface area contributed by atoms with Crippen LogP contribution >= 0.6 is 35.0 Å². The lowest BCUT2D eigenvalue weighted by atomic mass is 10.0. The Morgan fingerprint density at radius 2 is 2.23 bits per heavy atom. The van der Waals surface area contributed by atoms with E-state index < -0.39 is 0 Å². The van der Waals surface area contributed by atoms with Gasteiger partial charge in [0, 0.05) is 18.0 Å². The monoisotopic (exact) mass is 311 g/mol. The Morgan fingerprint density at radius 1 is 1.46 bits per heavy atom. The van der Waals surface area contributed by atoms with E-state index in [0.29, 0.717) is 0 Å². The number of para-hydroxylation sites is 1. The van der Waals surface area contributed by atoms with Gasteiger partial charge in [0.25, 0.3) is 0 Å². The van der Waals surface area contributed by atoms with Crippen LogP contribution in [0, 0.1) is 3.57 Å². The Bertz CT molecular complexity index is 306. The number of ether oxygens (including phenoxy) is 1. The van der Waals surface area contributed by atoms with Gasteiger partial charge in [0.15, 0.2) is 0 Å². The number of fused-ring (bicyclic) bond motifs is 1. The van der Waals surface area contributed by atoms with Gasteiger partial charge in [-0.25, -0.2) is 0 Å². The second-order valence-corrected chi connectivity index (χ2v) is 4.06. The molecule has 0 saturated carbocycles. The van der Waals surface area contributed by atoms with Crippen LogP contribution in [0.2, 0.25) is 0 Å². The molecule has 0 aromatic heterocycles. The lowest BCUT2D eigenvalue weighted by molar-refractivity contribution is 0.267. The minimum absolute atomic E-state index is 0. The highest BCUT2D eigenvalue weighted by molar-refractivity contribution is 14.1. The SMILES string of the molecule is Cl.N[C@@H]1CCOc2c(I)cccc21. The van der Waals surface area contributed by atoms with Crippen molar-refractivity contribution < 1.29 is 4.74 Å². The van der Waals surface area contributed by atoms with E-state index in [2.05, 4.69) is 22.6 Å². The van der Waals surface area contributed by atoms with Gasteiger partial charge >= 0.3 is 0 Å². The summed E-state index contributed by atoms with van der Waals surface area (Å²) in [5.74, 6) is 0.983. The van der Waals surface area contributed by atoms with Crippen molar-refractivity contribution in [2.75, 3.05) is 6.61 Å². The van der Waals surface area contributed by atoms with Gasteiger partial charge in [-0.2, -0.15) is 0 Å². The molecule has 0 saturated heterocycles. The summed E-state index contributed by atoms with van der Waals surface area (Å²) in [6.07, 6.45) is 0.924. The molecule has 0 bridgehead atoms. The van der Waals surface area contributed by atoms with Gasteiger partial charge in [0.05, 0.1) is 10.2 Å². The summed E-state index contributed by atoms with van der Waals surface area (Å²) in [6, 6.07) is 6.26. The van der Waals surface area contributed by atoms with Crippen LogP contribution in [-0.4, -0.2) is 6.61 Å². The molecule has 0 spiro atoms. The van der Waals surface area contributed by atoms with Gasteiger partial charge in [-0.1, -0.05) is 12.1 Å². The number of halogens is 2. The smallest absolute Gasteiger partial charge is 0.137 e. The van der Waals surface area contributed by atoms with Crippen LogP contribution in [0.5, 0.6) is 5.75 Å². The fourth-order valence-electron chi connectivity index (χ4n) is 1.41. The van der Waals surface area contributed by atoms with Crippen LogP contribution in [0.15, 0.2) is 18.2 Å². The van der Waals surface area contributed by atoms with Gasteiger partial charge in [-0.15, -0.1) is 12.4 Å². The average Bonchev–Trinajstić information content (AvgIpc) is 2.07. The van der Waals surface area contributed by atoms with Crippen molar-refractivity contribution in [2.24, 2.45) is 5.73 Å². The Morgan fingerprint density at radius 3 is 2.92 bits per heavy atom. The molecule has 1 aliphatic heterocycles. The first kappa shape index (κ1) is 11.1. The highest BCUT2D eigenvalue weighted by Gasteiger charge is 2.19. The number of nitrogens with two attached hydrogens (primary N) is 1. The predicted molar refractivity (Wildman–Crippen MR) is 63.4 cm³/mol. The Hall–Kier alpha value is -0.000000000000000111. The van der Waals surface area contributed by atoms with Crippen molar-refractivity contribution in [3.05, 3.63) is 27.3 Å². The van der Waals surface area contributed by atoms with Crippen LogP contribution in [0.4, 0.5) is 0 Å². The standard InChI is InChI=1S/C9H10INO.ClH/c10-7-3-1-2-6-8(11)4-5-12-9(6)7;/h1-3,8H,4-5,11H2;1H/t8-;/m1./s1. The average molecular weight is 312 g/mol. The quantitative estimate of drug-likeness (QED) is 0.747. The third-order valence-electron chi connectivity index (χ3n) is 2.07. The summed E-state index contributed by atoms with van der Waals surface area (Å²) >= 11 is 2.27. The van der Waals surface area contributed by atoms with E-state index in [1.807, 2.05) is 18.2 Å². The Kier molecular flexibility index (Phi) is 3.82. The van der Waals surface area contributed by atoms with Crippen LogP contribution in [0.1, 0.15) is 18.0 Å². The zero-order valence-corrected chi connectivity index (χ0v) is 9.97. The summed E-state index contributed by atoms with van der Waals surface area (Å²) in [5, 5.41) is 0. The highest BCUT2D eigenvalue weighted by Crippen LogP contribution is 2.33. The van der Waals surface area contributed by atoms with E-state index in [9.17, 15) is 0 Å². The second-order valence-electron chi connectivity index (χ2n) is 2.90. The van der Waals surface area contributed by atoms with Crippen molar-refractivity contribution in [3.8, 4) is 5.75 Å². The molecule has 72 valence electrons. The van der Waals surface area contributed by atoms with Gasteiger partial charge < -0.3 is 10.5 Å². The summed E-state index contributed by atoms with van der Waals surface area (Å²) in [6.45, 7) is 0.744. The van der Waals surface area contributed by atoms with E-state index >= 15 is 0 Å². The number of benzene rings is 1. The molecule has 0 unspecified atom stereocenters. The fourth-order valence-corrected chi connectivity index (χ4v) is 2.09. The molecule has 0 amide bonds. The molecule has 1 aliphatic rings. The lowest BCUT2D eigenvalue weighted by Crippen LogP contribution is -2.20. The van der Waals surface area contributed by atoms with Gasteiger partial charge in [0.1, 0.15) is 5.75 Å². The molecular formula is C9H11ClINO. The van der Waals surface area contributed by atoms with E-state index in [4.69, 9.17) is 10.5 Å². The first-order chi connectivity index (χ1) is 5.79. The molecule has 1 atom stereocenters. The van der Waals surface area contributed by atoms with E-state index in [1.165, 1.54) is 0 Å². The molecule has 0 fully saturated rings. The minimum Gasteiger partial charge on any atom is -0.492 e. The van der Waals surface area contributed by atoms with Crippen LogP contribution in [0.3, 0.4) is 0 Å². The summed E-state index contributed by atoms with van der Waals surface area (Å²) in [5.41, 5.74) is 7.08. The van der Waals surface area contributed by atoms with Crippen LogP contribution in [0.25, 0.3) is 0 Å². The van der Waals surface area contributed by atoms with Gasteiger partial charge in [-0.05, 0) is 28.7 Å². The third kappa shape index (κ3) is 2.08. The molecule has 2 N–H and O–H groups in total.